The summed E-state index contributed by atoms with van der Waals surface area (Å²) in [5, 5.41) is 7.06. The molecular formula is C25H38N4O2S. The molecule has 32 heavy (non-hydrogen) atoms. The Kier molecular flexibility index (Phi) is 8.65. The number of thiazole rings is 1. The Morgan fingerprint density at radius 1 is 1.16 bits per heavy atom. The van der Waals surface area contributed by atoms with E-state index >= 15 is 0 Å². The van der Waals surface area contributed by atoms with Gasteiger partial charge in [0.1, 0.15) is 0 Å². The van der Waals surface area contributed by atoms with Gasteiger partial charge < -0.3 is 16.4 Å². The number of hydrogen-bond acceptors (Lipinski definition) is 5. The molecule has 0 saturated heterocycles. The molecule has 0 aliphatic heterocycles. The fourth-order valence-electron chi connectivity index (χ4n) is 4.31. The summed E-state index contributed by atoms with van der Waals surface area (Å²) >= 11 is 1.66. The fraction of sp³-hybridized carbons (Fsp3) is 0.640. The Hall–Kier alpha value is -1.99. The minimum Gasteiger partial charge on any atom is -0.352 e. The summed E-state index contributed by atoms with van der Waals surface area (Å²) < 4.78 is 1.16. The zero-order valence-electron chi connectivity index (χ0n) is 19.7. The molecule has 4 N–H and O–H groups in total. The second kappa shape index (κ2) is 11.2. The average Bonchev–Trinajstić information content (AvgIpc) is 3.15. The van der Waals surface area contributed by atoms with Crippen molar-refractivity contribution in [3.05, 3.63) is 28.8 Å². The Bertz CT molecular complexity index is 916. The van der Waals surface area contributed by atoms with Crippen LogP contribution < -0.4 is 16.4 Å². The molecule has 1 aromatic heterocycles. The van der Waals surface area contributed by atoms with Crippen molar-refractivity contribution in [2.45, 2.75) is 96.1 Å². The number of carbonyl (C=O) groups is 2. The number of benzene rings is 1. The molecule has 1 saturated carbocycles. The molecular weight excluding hydrogens is 420 g/mol. The van der Waals surface area contributed by atoms with Gasteiger partial charge in [-0.3, -0.25) is 9.59 Å². The molecule has 1 heterocycles. The van der Waals surface area contributed by atoms with E-state index in [9.17, 15) is 9.59 Å². The molecule has 3 rings (SSSR count). The first-order chi connectivity index (χ1) is 15.3. The van der Waals surface area contributed by atoms with Crippen LogP contribution in [0.3, 0.4) is 0 Å². The Labute approximate surface area is 195 Å². The van der Waals surface area contributed by atoms with E-state index in [1.54, 1.807) is 11.3 Å². The molecule has 0 unspecified atom stereocenters. The van der Waals surface area contributed by atoms with Crippen LogP contribution in [0.1, 0.15) is 88.6 Å². The monoisotopic (exact) mass is 458 g/mol. The van der Waals surface area contributed by atoms with Gasteiger partial charge in [-0.05, 0) is 36.5 Å². The molecule has 1 aromatic carbocycles. The third-order valence-corrected chi connectivity index (χ3v) is 7.48. The molecule has 2 amide bonds. The second-order valence-corrected chi connectivity index (χ2v) is 10.6. The van der Waals surface area contributed by atoms with Crippen molar-refractivity contribution in [2.75, 3.05) is 6.54 Å². The number of aromatic nitrogens is 1. The van der Waals surface area contributed by atoms with Crippen LogP contribution in [0.25, 0.3) is 10.2 Å². The highest BCUT2D eigenvalue weighted by molar-refractivity contribution is 7.18. The van der Waals surface area contributed by atoms with Crippen LogP contribution in [0.5, 0.6) is 0 Å². The van der Waals surface area contributed by atoms with Crippen LogP contribution in [0.4, 0.5) is 0 Å². The van der Waals surface area contributed by atoms with Gasteiger partial charge in [-0.25, -0.2) is 4.98 Å². The maximum Gasteiger partial charge on any atom is 0.240 e. The van der Waals surface area contributed by atoms with Crippen molar-refractivity contribution in [1.29, 1.82) is 0 Å². The van der Waals surface area contributed by atoms with E-state index < -0.39 is 5.54 Å². The van der Waals surface area contributed by atoms with Crippen molar-refractivity contribution < 1.29 is 9.59 Å². The summed E-state index contributed by atoms with van der Waals surface area (Å²) in [5.74, 6) is 0.343. The Balaban J connectivity index is 1.68. The highest BCUT2D eigenvalue weighted by atomic mass is 32.1. The van der Waals surface area contributed by atoms with Gasteiger partial charge in [0.2, 0.25) is 11.8 Å². The number of nitrogens with zero attached hydrogens (tertiary/aromatic N) is 1. The quantitative estimate of drug-likeness (QED) is 0.546. The van der Waals surface area contributed by atoms with E-state index in [2.05, 4.69) is 42.7 Å². The van der Waals surface area contributed by atoms with E-state index in [-0.39, 0.29) is 17.9 Å². The minimum atomic E-state index is -0.803. The van der Waals surface area contributed by atoms with Gasteiger partial charge in [0.05, 0.1) is 26.8 Å². The SMILES string of the molecule is CCC(=O)N[C@H](CNC(=O)C1(N)CCCCCCC1)Cc1nc2ccc(C(C)C)cc2s1. The normalized spacial score (nSPS) is 17.5. The van der Waals surface area contributed by atoms with Crippen LogP contribution in [-0.4, -0.2) is 34.9 Å². The summed E-state index contributed by atoms with van der Waals surface area (Å²) in [6.07, 6.45) is 7.91. The van der Waals surface area contributed by atoms with E-state index in [0.717, 1.165) is 53.7 Å². The van der Waals surface area contributed by atoms with Crippen LogP contribution in [0.2, 0.25) is 0 Å². The maximum atomic E-state index is 13.0. The van der Waals surface area contributed by atoms with Gasteiger partial charge in [-0.15, -0.1) is 11.3 Å². The standard InChI is InChI=1S/C25H38N4O2S/c1-4-22(30)28-19(16-27-24(31)25(26)12-8-6-5-7-9-13-25)15-23-29-20-11-10-18(17(2)3)14-21(20)32-23/h10-11,14,17,19H,4-9,12-13,15-16,26H2,1-3H3,(H,27,31)(H,28,30)/t19-/m0/s1. The summed E-state index contributed by atoms with van der Waals surface area (Å²) in [7, 11) is 0. The number of nitrogens with two attached hydrogens (primary N) is 1. The third-order valence-electron chi connectivity index (χ3n) is 6.44. The van der Waals surface area contributed by atoms with Crippen LogP contribution in [-0.2, 0) is 16.0 Å². The van der Waals surface area contributed by atoms with Crippen molar-refractivity contribution >= 4 is 33.4 Å². The Morgan fingerprint density at radius 2 is 1.84 bits per heavy atom. The fourth-order valence-corrected chi connectivity index (χ4v) is 5.40. The smallest absolute Gasteiger partial charge is 0.240 e. The van der Waals surface area contributed by atoms with E-state index in [4.69, 9.17) is 10.7 Å². The summed E-state index contributed by atoms with van der Waals surface area (Å²) in [4.78, 5) is 29.9. The van der Waals surface area contributed by atoms with Crippen LogP contribution in [0.15, 0.2) is 18.2 Å². The predicted molar refractivity (Wildman–Crippen MR) is 132 cm³/mol. The number of amides is 2. The zero-order chi connectivity index (χ0) is 23.1. The highest BCUT2D eigenvalue weighted by Gasteiger charge is 2.34. The molecule has 0 bridgehead atoms. The Morgan fingerprint density at radius 3 is 2.50 bits per heavy atom. The highest BCUT2D eigenvalue weighted by Crippen LogP contribution is 2.27. The molecule has 2 aromatic rings. The lowest BCUT2D eigenvalue weighted by Crippen LogP contribution is -2.56. The minimum absolute atomic E-state index is 0.0270. The zero-order valence-corrected chi connectivity index (χ0v) is 20.5. The first-order valence-electron chi connectivity index (χ1n) is 12.1. The van der Waals surface area contributed by atoms with Crippen molar-refractivity contribution in [3.63, 3.8) is 0 Å². The second-order valence-electron chi connectivity index (χ2n) is 9.45. The maximum absolute atomic E-state index is 13.0. The van der Waals surface area contributed by atoms with Crippen molar-refractivity contribution in [3.8, 4) is 0 Å². The van der Waals surface area contributed by atoms with Gasteiger partial charge in [0.25, 0.3) is 0 Å². The molecule has 1 aliphatic rings. The molecule has 0 radical (unpaired) electrons. The van der Waals surface area contributed by atoms with Crippen LogP contribution in [0, 0.1) is 0 Å². The number of hydrogen-bond donors (Lipinski definition) is 3. The molecule has 1 aliphatic carbocycles. The van der Waals surface area contributed by atoms with Gasteiger partial charge >= 0.3 is 0 Å². The lowest BCUT2D eigenvalue weighted by atomic mass is 9.84. The first-order valence-corrected chi connectivity index (χ1v) is 12.9. The average molecular weight is 459 g/mol. The third kappa shape index (κ3) is 6.51. The molecule has 1 fully saturated rings. The van der Waals surface area contributed by atoms with Crippen molar-refractivity contribution in [2.24, 2.45) is 5.73 Å². The topological polar surface area (TPSA) is 97.1 Å². The summed E-state index contributed by atoms with van der Waals surface area (Å²) in [6.45, 7) is 6.56. The van der Waals surface area contributed by atoms with Gasteiger partial charge in [0.15, 0.2) is 0 Å². The van der Waals surface area contributed by atoms with Crippen LogP contribution >= 0.6 is 11.3 Å². The largest absolute Gasteiger partial charge is 0.352 e. The van der Waals surface area contributed by atoms with Crippen molar-refractivity contribution in [1.82, 2.24) is 15.6 Å². The first kappa shape index (κ1) is 24.6. The summed E-state index contributed by atoms with van der Waals surface area (Å²) in [5.41, 5.74) is 7.99. The number of carbonyl (C=O) groups excluding carboxylic acids is 2. The molecule has 0 spiro atoms. The lowest BCUT2D eigenvalue weighted by molar-refractivity contribution is -0.127. The molecule has 6 nitrogen and oxygen atoms in total. The van der Waals surface area contributed by atoms with E-state index in [1.807, 2.05) is 6.92 Å². The molecule has 7 heteroatoms. The molecule has 1 atom stereocenters. The van der Waals surface area contributed by atoms with Gasteiger partial charge in [-0.2, -0.15) is 0 Å². The van der Waals surface area contributed by atoms with Gasteiger partial charge in [0, 0.05) is 19.4 Å². The predicted octanol–water partition coefficient (Wildman–Crippen LogP) is 4.42. The number of nitrogens with one attached hydrogen (secondary N) is 2. The summed E-state index contributed by atoms with van der Waals surface area (Å²) in [6, 6.07) is 6.19. The number of rotatable bonds is 8. The van der Waals surface area contributed by atoms with Gasteiger partial charge in [-0.1, -0.05) is 58.9 Å². The molecule has 176 valence electrons. The lowest BCUT2D eigenvalue weighted by Gasteiger charge is -2.31. The van der Waals surface area contributed by atoms with E-state index in [0.29, 0.717) is 25.3 Å². The number of fused-ring (bicyclic) bond motifs is 1. The van der Waals surface area contributed by atoms with E-state index in [1.165, 1.54) is 12.0 Å².